The van der Waals surface area contributed by atoms with E-state index < -0.39 is 11.7 Å². The Morgan fingerprint density at radius 3 is 2.65 bits per heavy atom. The zero-order valence-electron chi connectivity index (χ0n) is 9.05. The fraction of sp³-hybridized carbons (Fsp3) is 0.500. The third-order valence-electron chi connectivity index (χ3n) is 3.78. The first-order valence-electron chi connectivity index (χ1n) is 5.54. The van der Waals surface area contributed by atoms with Crippen LogP contribution in [0, 0.1) is 0 Å². The predicted octanol–water partition coefficient (Wildman–Crippen LogP) is 2.46. The van der Waals surface area contributed by atoms with Crippen molar-refractivity contribution < 1.29 is 17.9 Å². The van der Waals surface area contributed by atoms with Gasteiger partial charge in [0.1, 0.15) is 5.75 Å². The summed E-state index contributed by atoms with van der Waals surface area (Å²) in [6, 6.07) is 3.63. The molecule has 2 nitrogen and oxygen atoms in total. The number of hydrogen-bond acceptors (Lipinski definition) is 2. The van der Waals surface area contributed by atoms with Gasteiger partial charge in [-0.15, -0.1) is 0 Å². The Hall–Kier alpha value is -1.23. The lowest BCUT2D eigenvalue weighted by Crippen LogP contribution is -2.27. The quantitative estimate of drug-likeness (QED) is 0.759. The van der Waals surface area contributed by atoms with Crippen LogP contribution in [0.15, 0.2) is 18.2 Å². The largest absolute Gasteiger partial charge is 0.493 e. The van der Waals surface area contributed by atoms with Gasteiger partial charge in [0, 0.05) is 17.0 Å². The number of nitrogens with two attached hydrogens (primary N) is 1. The topological polar surface area (TPSA) is 35.2 Å². The molecule has 2 N–H and O–H groups in total. The van der Waals surface area contributed by atoms with Crippen LogP contribution in [-0.2, 0) is 11.6 Å². The first-order valence-corrected chi connectivity index (χ1v) is 5.54. The van der Waals surface area contributed by atoms with Gasteiger partial charge in [-0.25, -0.2) is 0 Å². The van der Waals surface area contributed by atoms with Crippen LogP contribution in [0.25, 0.3) is 0 Å². The lowest BCUT2D eigenvalue weighted by Gasteiger charge is -2.27. The van der Waals surface area contributed by atoms with Crippen LogP contribution in [0.5, 0.6) is 5.75 Å². The molecule has 1 fully saturated rings. The summed E-state index contributed by atoms with van der Waals surface area (Å²) < 4.78 is 43.4. The van der Waals surface area contributed by atoms with Crippen LogP contribution in [0.2, 0.25) is 0 Å². The summed E-state index contributed by atoms with van der Waals surface area (Å²) in [5.74, 6) is 0.553. The highest BCUT2D eigenvalue weighted by molar-refractivity contribution is 5.50. The molecule has 1 aliphatic heterocycles. The Labute approximate surface area is 96.6 Å². The van der Waals surface area contributed by atoms with Gasteiger partial charge in [-0.05, 0) is 31.0 Å². The Balaban J connectivity index is 2.09. The van der Waals surface area contributed by atoms with E-state index in [0.717, 1.165) is 12.5 Å². The van der Waals surface area contributed by atoms with Gasteiger partial charge < -0.3 is 10.5 Å². The number of halogens is 3. The molecule has 3 rings (SSSR count). The maximum absolute atomic E-state index is 12.7. The molecule has 1 heterocycles. The van der Waals surface area contributed by atoms with E-state index in [0.29, 0.717) is 24.3 Å². The van der Waals surface area contributed by atoms with E-state index in [4.69, 9.17) is 10.5 Å². The van der Waals surface area contributed by atoms with E-state index in [1.165, 1.54) is 12.1 Å². The molecule has 0 saturated heterocycles. The maximum Gasteiger partial charge on any atom is 0.416 e. The number of hydrogen-bond donors (Lipinski definition) is 1. The minimum absolute atomic E-state index is 0.0337. The summed E-state index contributed by atoms with van der Waals surface area (Å²) in [7, 11) is 0. The summed E-state index contributed by atoms with van der Waals surface area (Å²) in [4.78, 5) is 0. The molecule has 2 atom stereocenters. The summed E-state index contributed by atoms with van der Waals surface area (Å²) in [5.41, 5.74) is 5.61. The SMILES string of the molecule is NC1CC12CCOc1ccc(C(F)(F)F)cc12. The van der Waals surface area contributed by atoms with Gasteiger partial charge in [0.2, 0.25) is 0 Å². The molecule has 0 bridgehead atoms. The van der Waals surface area contributed by atoms with Crippen LogP contribution >= 0.6 is 0 Å². The molecule has 1 aromatic rings. The summed E-state index contributed by atoms with van der Waals surface area (Å²) >= 11 is 0. The minimum atomic E-state index is -4.31. The number of rotatable bonds is 0. The van der Waals surface area contributed by atoms with Crippen LogP contribution in [-0.4, -0.2) is 12.6 Å². The summed E-state index contributed by atoms with van der Waals surface area (Å²) in [6.45, 7) is 0.534. The van der Waals surface area contributed by atoms with Crippen molar-refractivity contribution in [1.29, 1.82) is 0 Å². The highest BCUT2D eigenvalue weighted by atomic mass is 19.4. The molecular weight excluding hydrogens is 231 g/mol. The number of fused-ring (bicyclic) bond motifs is 2. The van der Waals surface area contributed by atoms with Gasteiger partial charge in [0.05, 0.1) is 12.2 Å². The molecule has 1 aliphatic carbocycles. The van der Waals surface area contributed by atoms with Crippen molar-refractivity contribution in [3.63, 3.8) is 0 Å². The molecule has 2 unspecified atom stereocenters. The van der Waals surface area contributed by atoms with E-state index in [1.807, 2.05) is 0 Å². The normalized spacial score (nSPS) is 30.9. The molecule has 1 saturated carbocycles. The lowest BCUT2D eigenvalue weighted by molar-refractivity contribution is -0.137. The lowest BCUT2D eigenvalue weighted by atomic mass is 9.88. The van der Waals surface area contributed by atoms with E-state index in [1.54, 1.807) is 0 Å². The Morgan fingerprint density at radius 2 is 2.06 bits per heavy atom. The standard InChI is InChI=1S/C12H12F3NO/c13-12(14,15)7-1-2-9-8(5-7)11(3-4-17-9)6-10(11)16/h1-2,5,10H,3-4,6,16H2. The van der Waals surface area contributed by atoms with Crippen molar-refractivity contribution in [1.82, 2.24) is 0 Å². The summed E-state index contributed by atoms with van der Waals surface area (Å²) in [5, 5.41) is 0. The van der Waals surface area contributed by atoms with Crippen molar-refractivity contribution in [2.75, 3.05) is 6.61 Å². The number of ether oxygens (including phenoxy) is 1. The molecule has 5 heteroatoms. The van der Waals surface area contributed by atoms with Gasteiger partial charge in [-0.1, -0.05) is 0 Å². The second-order valence-corrected chi connectivity index (χ2v) is 4.77. The zero-order valence-corrected chi connectivity index (χ0v) is 9.05. The van der Waals surface area contributed by atoms with E-state index in [9.17, 15) is 13.2 Å². The van der Waals surface area contributed by atoms with Crippen molar-refractivity contribution in [3.8, 4) is 5.75 Å². The predicted molar refractivity (Wildman–Crippen MR) is 55.8 cm³/mol. The smallest absolute Gasteiger partial charge is 0.416 e. The van der Waals surface area contributed by atoms with Gasteiger partial charge in [-0.3, -0.25) is 0 Å². The fourth-order valence-electron chi connectivity index (χ4n) is 2.63. The van der Waals surface area contributed by atoms with Crippen LogP contribution in [0.3, 0.4) is 0 Å². The second kappa shape index (κ2) is 3.16. The molecule has 92 valence electrons. The third kappa shape index (κ3) is 1.52. The number of alkyl halides is 3. The average Bonchev–Trinajstić information content (AvgIpc) is 2.88. The van der Waals surface area contributed by atoms with E-state index >= 15 is 0 Å². The van der Waals surface area contributed by atoms with Crippen molar-refractivity contribution in [3.05, 3.63) is 29.3 Å². The first-order chi connectivity index (χ1) is 7.93. The van der Waals surface area contributed by atoms with E-state index in [2.05, 4.69) is 0 Å². The Bertz CT molecular complexity index is 471. The molecule has 17 heavy (non-hydrogen) atoms. The molecule has 2 aliphatic rings. The molecule has 1 spiro atoms. The highest BCUT2D eigenvalue weighted by Crippen LogP contribution is 2.55. The minimum Gasteiger partial charge on any atom is -0.493 e. The molecular formula is C12H12F3NO. The maximum atomic E-state index is 12.7. The molecule has 0 aromatic heterocycles. The van der Waals surface area contributed by atoms with Gasteiger partial charge in [0.15, 0.2) is 0 Å². The first kappa shape index (κ1) is 10.9. The Kier molecular flexibility index (Phi) is 2.03. The zero-order chi connectivity index (χ0) is 12.3. The number of benzene rings is 1. The van der Waals surface area contributed by atoms with Crippen molar-refractivity contribution >= 4 is 0 Å². The van der Waals surface area contributed by atoms with Crippen LogP contribution in [0.1, 0.15) is 24.0 Å². The Morgan fingerprint density at radius 1 is 1.35 bits per heavy atom. The van der Waals surface area contributed by atoms with Gasteiger partial charge in [-0.2, -0.15) is 13.2 Å². The molecule has 0 radical (unpaired) electrons. The highest BCUT2D eigenvalue weighted by Gasteiger charge is 2.56. The monoisotopic (exact) mass is 243 g/mol. The van der Waals surface area contributed by atoms with Crippen LogP contribution in [0.4, 0.5) is 13.2 Å². The second-order valence-electron chi connectivity index (χ2n) is 4.77. The average molecular weight is 243 g/mol. The third-order valence-corrected chi connectivity index (χ3v) is 3.78. The van der Waals surface area contributed by atoms with Crippen molar-refractivity contribution in [2.24, 2.45) is 5.73 Å². The molecule has 1 aromatic carbocycles. The van der Waals surface area contributed by atoms with Gasteiger partial charge >= 0.3 is 6.18 Å². The van der Waals surface area contributed by atoms with Gasteiger partial charge in [0.25, 0.3) is 0 Å². The summed E-state index contributed by atoms with van der Waals surface area (Å²) in [6.07, 6.45) is -2.85. The van der Waals surface area contributed by atoms with Crippen molar-refractivity contribution in [2.45, 2.75) is 30.5 Å². The molecule has 0 amide bonds. The fourth-order valence-corrected chi connectivity index (χ4v) is 2.63. The van der Waals surface area contributed by atoms with E-state index in [-0.39, 0.29) is 11.5 Å². The van der Waals surface area contributed by atoms with Crippen LogP contribution < -0.4 is 10.5 Å².